The number of aliphatic imine (C=N–C) groups is 2. The summed E-state index contributed by atoms with van der Waals surface area (Å²) in [5, 5.41) is 15.0. The molecule has 2 unspecified atom stereocenters. The number of fused-ring (bicyclic) bond motifs is 4. The number of amides is 2. The van der Waals surface area contributed by atoms with Gasteiger partial charge in [0.25, 0.3) is 0 Å². The number of thiocyanates is 1. The van der Waals surface area contributed by atoms with Gasteiger partial charge >= 0.3 is 0 Å². The minimum absolute atomic E-state index is 0.161. The molecule has 10 rings (SSSR count). The third-order valence-corrected chi connectivity index (χ3v) is 12.9. The van der Waals surface area contributed by atoms with Crippen LogP contribution in [0.15, 0.2) is 112 Å². The maximum absolute atomic E-state index is 12.9. The lowest BCUT2D eigenvalue weighted by Crippen LogP contribution is -2.46. The van der Waals surface area contributed by atoms with Crippen molar-refractivity contribution in [3.8, 4) is 27.9 Å². The molecular weight excluding hydrogens is 888 g/mol. The summed E-state index contributed by atoms with van der Waals surface area (Å²) in [6.45, 7) is 3.10. The number of hydrogen-bond donors (Lipinski definition) is 5. The van der Waals surface area contributed by atoms with Crippen LogP contribution in [0.2, 0.25) is 10.0 Å². The molecule has 0 fully saturated rings. The molecule has 2 amide bonds. The van der Waals surface area contributed by atoms with Gasteiger partial charge in [-0.1, -0.05) is 96.0 Å². The van der Waals surface area contributed by atoms with E-state index < -0.39 is 0 Å². The molecule has 4 aromatic carbocycles. The number of nitrogens with two attached hydrogens (primary N) is 1. The lowest BCUT2D eigenvalue weighted by Gasteiger charge is -2.23. The van der Waals surface area contributed by atoms with E-state index in [4.69, 9.17) is 51.5 Å². The smallest absolute Gasteiger partial charge is 0.249 e. The van der Waals surface area contributed by atoms with Crippen LogP contribution in [-0.2, 0) is 35.8 Å². The first-order valence-corrected chi connectivity index (χ1v) is 22.5. The number of nitriles is 1. The number of aryl methyl sites for hydroxylation is 2. The Balaban J connectivity index is 0.000000147. The number of nitrogens with one attached hydrogen (secondary N) is 4. The van der Waals surface area contributed by atoms with E-state index in [1.165, 1.54) is 0 Å². The molecule has 2 atom stereocenters. The number of aromatic nitrogens is 4. The topological polar surface area (TPSA) is 192 Å². The quantitative estimate of drug-likeness (QED) is 0.0271. The maximum atomic E-state index is 12.9. The van der Waals surface area contributed by atoms with E-state index in [1.807, 2.05) is 103 Å². The van der Waals surface area contributed by atoms with Gasteiger partial charge in [0, 0.05) is 65.1 Å². The van der Waals surface area contributed by atoms with E-state index in [9.17, 15) is 9.59 Å². The molecule has 6 N–H and O–H groups in total. The molecule has 0 saturated carbocycles. The Labute approximate surface area is 389 Å². The van der Waals surface area contributed by atoms with Crippen molar-refractivity contribution in [3.63, 3.8) is 0 Å². The van der Waals surface area contributed by atoms with Crippen LogP contribution >= 0.6 is 47.2 Å². The van der Waals surface area contributed by atoms with Crippen LogP contribution in [0.5, 0.6) is 0 Å². The Hall–Kier alpha value is -6.35. The summed E-state index contributed by atoms with van der Waals surface area (Å²) in [7, 11) is 0. The van der Waals surface area contributed by atoms with Gasteiger partial charge in [-0.15, -0.1) is 0 Å². The molecule has 6 aromatic rings. The Morgan fingerprint density at radius 3 is 1.81 bits per heavy atom. The van der Waals surface area contributed by atoms with Crippen LogP contribution in [-0.4, -0.2) is 48.5 Å². The minimum atomic E-state index is -0.351. The highest BCUT2D eigenvalue weighted by Gasteiger charge is 2.30. The van der Waals surface area contributed by atoms with E-state index >= 15 is 0 Å². The highest BCUT2D eigenvalue weighted by atomic mass is 35.5. The molecule has 2 aromatic heterocycles. The van der Waals surface area contributed by atoms with Crippen molar-refractivity contribution in [1.29, 1.82) is 5.26 Å². The van der Waals surface area contributed by atoms with Crippen LogP contribution in [0.3, 0.4) is 0 Å². The van der Waals surface area contributed by atoms with Crippen molar-refractivity contribution >= 4 is 82.2 Å². The fourth-order valence-electron chi connectivity index (χ4n) is 7.91. The second kappa shape index (κ2) is 20.4. The monoisotopic (exact) mass is 928 g/mol. The number of nitrogens with zero attached hydrogens (tertiary/aromatic N) is 7. The number of thiocarbonyl (C=S) groups is 1. The number of anilines is 1. The summed E-state index contributed by atoms with van der Waals surface area (Å²) in [4.78, 5) is 43.2. The van der Waals surface area contributed by atoms with Gasteiger partial charge in [0.1, 0.15) is 17.1 Å². The first-order chi connectivity index (χ1) is 31.2. The molecule has 64 heavy (non-hydrogen) atoms. The second-order valence-electron chi connectivity index (χ2n) is 15.1. The minimum Gasteiger partial charge on any atom is -0.334 e. The van der Waals surface area contributed by atoms with Crippen LogP contribution in [0, 0.1) is 10.7 Å². The molecule has 0 aliphatic carbocycles. The van der Waals surface area contributed by atoms with Gasteiger partial charge in [-0.05, 0) is 72.9 Å². The van der Waals surface area contributed by atoms with Gasteiger partial charge in [0.2, 0.25) is 11.8 Å². The van der Waals surface area contributed by atoms with Crippen LogP contribution in [0.1, 0.15) is 71.4 Å². The van der Waals surface area contributed by atoms with Crippen molar-refractivity contribution in [2.24, 2.45) is 15.8 Å². The molecule has 324 valence electrons. The Bertz CT molecular complexity index is 2800. The van der Waals surface area contributed by atoms with Gasteiger partial charge < -0.3 is 14.5 Å². The average Bonchev–Trinajstić information content (AvgIpc) is 4.17. The van der Waals surface area contributed by atoms with Crippen molar-refractivity contribution in [2.75, 3.05) is 5.32 Å². The first-order valence-electron chi connectivity index (χ1n) is 20.5. The van der Waals surface area contributed by atoms with Gasteiger partial charge in [-0.2, -0.15) is 5.26 Å². The van der Waals surface area contributed by atoms with Crippen molar-refractivity contribution < 1.29 is 9.59 Å². The summed E-state index contributed by atoms with van der Waals surface area (Å²) < 4.78 is 4.13. The van der Waals surface area contributed by atoms with Crippen LogP contribution in [0.25, 0.3) is 22.5 Å². The lowest BCUT2D eigenvalue weighted by molar-refractivity contribution is -0.124. The molecular formula is C46H42Cl2N12O2S2. The number of thioether (sulfide) groups is 1. The van der Waals surface area contributed by atoms with Crippen molar-refractivity contribution in [2.45, 2.75) is 68.6 Å². The zero-order valence-electron chi connectivity index (χ0n) is 34.3. The molecule has 0 radical (unpaired) electrons. The summed E-state index contributed by atoms with van der Waals surface area (Å²) in [5.41, 5.74) is 16.3. The molecule has 6 heterocycles. The fourth-order valence-corrected chi connectivity index (χ4v) is 9.14. The summed E-state index contributed by atoms with van der Waals surface area (Å²) >= 11 is 18.9. The maximum Gasteiger partial charge on any atom is 0.249 e. The highest BCUT2D eigenvalue weighted by Crippen LogP contribution is 2.34. The van der Waals surface area contributed by atoms with Gasteiger partial charge in [0.15, 0.2) is 5.11 Å². The molecule has 0 bridgehead atoms. The number of carbonyl (C=O) groups is 2. The van der Waals surface area contributed by atoms with E-state index in [0.29, 0.717) is 28.8 Å². The number of hydrazine groups is 2. The largest absolute Gasteiger partial charge is 0.334 e. The fraction of sp³-hybridized carbons (Fsp3) is 0.217. The summed E-state index contributed by atoms with van der Waals surface area (Å²) in [5.74, 6) is 5.90. The standard InChI is InChI=1S/C23H21ClN6OS.C14H16N4O.C9H5ClN2S/c24-20-17-12-25-11-15(17)8-9-18(20)27-23(32)29-28-22(31)16-7-4-10-30-13-19(26-21(16)30)14-5-2-1-3-6-14;15-17-14(19)11-7-4-8-18-9-12(16-13(11)18)10-5-2-1-3-6-10;10-9-7-4-12-3-6(7)1-2-8(9)13-5-11/h1-3,5-6,8-9,12-13,16H,4,7,10-11H2,(H,28,31)(H2,27,29,32);1-3,5-6,9,11H,4,7-8,15H2,(H,17,19);1-2,4H,3H2. The van der Waals surface area contributed by atoms with E-state index in [-0.39, 0.29) is 28.8 Å². The summed E-state index contributed by atoms with van der Waals surface area (Å²) in [6, 6.07) is 27.6. The predicted molar refractivity (Wildman–Crippen MR) is 256 cm³/mol. The molecule has 0 spiro atoms. The zero-order chi connectivity index (χ0) is 44.6. The number of rotatable bonds is 6. The molecule has 0 saturated heterocycles. The average molecular weight is 930 g/mol. The molecule has 18 heteroatoms. The van der Waals surface area contributed by atoms with Crippen molar-refractivity contribution in [3.05, 3.63) is 141 Å². The number of imidazole rings is 2. The van der Waals surface area contributed by atoms with Crippen LogP contribution in [0.4, 0.5) is 5.69 Å². The zero-order valence-corrected chi connectivity index (χ0v) is 37.4. The van der Waals surface area contributed by atoms with Gasteiger partial charge in [-0.3, -0.25) is 35.9 Å². The molecule has 4 aliphatic heterocycles. The third kappa shape index (κ3) is 9.89. The Morgan fingerprint density at radius 2 is 1.27 bits per heavy atom. The Morgan fingerprint density at radius 1 is 0.734 bits per heavy atom. The van der Waals surface area contributed by atoms with E-state index in [1.54, 1.807) is 12.4 Å². The van der Waals surface area contributed by atoms with Crippen LogP contribution < -0.4 is 27.4 Å². The normalized spacial score (nSPS) is 16.0. The molecule has 4 aliphatic rings. The predicted octanol–water partition coefficient (Wildman–Crippen LogP) is 8.29. The number of carbonyl (C=O) groups excluding carboxylic acids is 2. The van der Waals surface area contributed by atoms with Gasteiger partial charge in [0.05, 0.1) is 52.0 Å². The molecule has 14 nitrogen and oxygen atoms in total. The summed E-state index contributed by atoms with van der Waals surface area (Å²) in [6.07, 6.45) is 11.0. The van der Waals surface area contributed by atoms with E-state index in [0.717, 1.165) is 112 Å². The first kappa shape index (κ1) is 44.3. The Kier molecular flexibility index (Phi) is 14.1. The third-order valence-electron chi connectivity index (χ3n) is 11.1. The number of halogens is 2. The van der Waals surface area contributed by atoms with E-state index in [2.05, 4.69) is 45.7 Å². The number of hydrogen-bond acceptors (Lipinski definition) is 10. The highest BCUT2D eigenvalue weighted by molar-refractivity contribution is 8.03. The number of benzene rings is 4. The lowest BCUT2D eigenvalue weighted by atomic mass is 9.98. The van der Waals surface area contributed by atoms with Crippen molar-refractivity contribution in [1.82, 2.24) is 35.4 Å². The second-order valence-corrected chi connectivity index (χ2v) is 17.1. The SMILES string of the molecule is N#CSc1ccc2c(c1Cl)C=NC2.NNC(=O)C1CCCn2cc(-c3ccccc3)nc21.O=C(NNC(=S)Nc1ccc2c(c1Cl)C=NC2)C1CCCn2cc(-c3ccccc3)nc21. The van der Waals surface area contributed by atoms with Gasteiger partial charge in [-0.25, -0.2) is 15.8 Å².